The molecule has 1 atom stereocenters. The zero-order chi connectivity index (χ0) is 16.1. The van der Waals surface area contributed by atoms with Gasteiger partial charge >= 0.3 is 0 Å². The van der Waals surface area contributed by atoms with Crippen LogP contribution in [0, 0.1) is 0 Å². The standard InChI is InChI=1S/C15H20BrN3O3.ClH/c1-10(17-2)8-18-14(20)5-6-19-12-4-3-11(16)7-13(12)22-9-15(19)21;/h3-4,7,10,17H,5-6,8-9H2,1-2H3,(H,18,20);1H. The summed E-state index contributed by atoms with van der Waals surface area (Å²) in [5, 5.41) is 5.89. The van der Waals surface area contributed by atoms with Gasteiger partial charge in [-0.25, -0.2) is 0 Å². The Labute approximate surface area is 150 Å². The van der Waals surface area contributed by atoms with Crippen molar-refractivity contribution in [2.24, 2.45) is 0 Å². The summed E-state index contributed by atoms with van der Waals surface area (Å²) in [5.41, 5.74) is 0.704. The largest absolute Gasteiger partial charge is 0.482 e. The lowest BCUT2D eigenvalue weighted by molar-refractivity contribution is -0.122. The van der Waals surface area contributed by atoms with Crippen molar-refractivity contribution >= 4 is 45.8 Å². The van der Waals surface area contributed by atoms with Crippen LogP contribution in [0.4, 0.5) is 5.69 Å². The maximum Gasteiger partial charge on any atom is 0.265 e. The molecule has 0 aliphatic carbocycles. The second-order valence-electron chi connectivity index (χ2n) is 5.19. The van der Waals surface area contributed by atoms with Crippen LogP contribution in [0.2, 0.25) is 0 Å². The smallest absolute Gasteiger partial charge is 0.265 e. The molecular weight excluding hydrogens is 386 g/mol. The molecule has 2 amide bonds. The van der Waals surface area contributed by atoms with Crippen LogP contribution in [-0.4, -0.2) is 44.6 Å². The van der Waals surface area contributed by atoms with E-state index in [1.165, 1.54) is 0 Å². The van der Waals surface area contributed by atoms with E-state index in [0.29, 0.717) is 24.5 Å². The molecule has 0 spiro atoms. The summed E-state index contributed by atoms with van der Waals surface area (Å²) in [7, 11) is 1.85. The minimum atomic E-state index is -0.133. The van der Waals surface area contributed by atoms with Crippen LogP contribution in [0.1, 0.15) is 13.3 Å². The summed E-state index contributed by atoms with van der Waals surface area (Å²) in [4.78, 5) is 25.5. The predicted octanol–water partition coefficient (Wildman–Crippen LogP) is 1.71. The summed E-state index contributed by atoms with van der Waals surface area (Å²) in [6.45, 7) is 2.90. The minimum absolute atomic E-state index is 0. The molecule has 0 bridgehead atoms. The van der Waals surface area contributed by atoms with Gasteiger partial charge in [-0.15, -0.1) is 12.4 Å². The molecule has 2 N–H and O–H groups in total. The molecule has 0 radical (unpaired) electrons. The number of halogens is 2. The summed E-state index contributed by atoms with van der Waals surface area (Å²) in [6.07, 6.45) is 0.262. The fourth-order valence-corrected chi connectivity index (χ4v) is 2.43. The number of hydrogen-bond donors (Lipinski definition) is 2. The molecule has 1 heterocycles. The molecule has 2 rings (SSSR count). The first kappa shape index (κ1) is 19.7. The van der Waals surface area contributed by atoms with E-state index in [4.69, 9.17) is 4.74 Å². The van der Waals surface area contributed by atoms with Gasteiger partial charge < -0.3 is 20.3 Å². The van der Waals surface area contributed by atoms with Crippen molar-refractivity contribution < 1.29 is 14.3 Å². The molecule has 8 heteroatoms. The van der Waals surface area contributed by atoms with Crippen molar-refractivity contribution in [2.45, 2.75) is 19.4 Å². The normalized spacial score (nSPS) is 14.4. The first-order valence-corrected chi connectivity index (χ1v) is 7.97. The molecule has 0 fully saturated rings. The van der Waals surface area contributed by atoms with Crippen LogP contribution < -0.4 is 20.3 Å². The van der Waals surface area contributed by atoms with E-state index >= 15 is 0 Å². The van der Waals surface area contributed by atoms with Crippen LogP contribution in [0.15, 0.2) is 22.7 Å². The molecule has 1 aromatic rings. The fourth-order valence-electron chi connectivity index (χ4n) is 2.09. The molecule has 6 nitrogen and oxygen atoms in total. The van der Waals surface area contributed by atoms with E-state index in [1.807, 2.05) is 32.2 Å². The summed E-state index contributed by atoms with van der Waals surface area (Å²) in [6, 6.07) is 5.70. The van der Waals surface area contributed by atoms with Crippen molar-refractivity contribution in [3.63, 3.8) is 0 Å². The number of carbonyl (C=O) groups is 2. The van der Waals surface area contributed by atoms with E-state index in [0.717, 1.165) is 4.47 Å². The number of ether oxygens (including phenoxy) is 1. The molecule has 1 aliphatic heterocycles. The van der Waals surface area contributed by atoms with E-state index < -0.39 is 0 Å². The molecule has 0 aromatic heterocycles. The summed E-state index contributed by atoms with van der Waals surface area (Å²) >= 11 is 3.38. The van der Waals surface area contributed by atoms with E-state index in [-0.39, 0.29) is 43.3 Å². The molecule has 0 saturated heterocycles. The maximum atomic E-state index is 12.0. The number of anilines is 1. The third kappa shape index (κ3) is 5.37. The van der Waals surface area contributed by atoms with Crippen molar-refractivity contribution in [1.29, 1.82) is 0 Å². The van der Waals surface area contributed by atoms with Gasteiger partial charge in [-0.2, -0.15) is 0 Å². The molecule has 1 aromatic carbocycles. The second kappa shape index (κ2) is 9.10. The lowest BCUT2D eigenvalue weighted by atomic mass is 10.2. The number of fused-ring (bicyclic) bond motifs is 1. The van der Waals surface area contributed by atoms with Gasteiger partial charge in [0.25, 0.3) is 5.91 Å². The SMILES string of the molecule is CNC(C)CNC(=O)CCN1C(=O)COc2cc(Br)ccc21.Cl. The number of carbonyl (C=O) groups excluding carboxylic acids is 2. The lowest BCUT2D eigenvalue weighted by Gasteiger charge is -2.29. The molecule has 1 aliphatic rings. The Balaban J connectivity index is 0.00000264. The van der Waals surface area contributed by atoms with Crippen molar-refractivity contribution in [3.8, 4) is 5.75 Å². The fraction of sp³-hybridized carbons (Fsp3) is 0.467. The van der Waals surface area contributed by atoms with Crippen molar-refractivity contribution in [1.82, 2.24) is 10.6 Å². The van der Waals surface area contributed by atoms with Crippen molar-refractivity contribution in [2.75, 3.05) is 31.6 Å². The van der Waals surface area contributed by atoms with E-state index in [9.17, 15) is 9.59 Å². The van der Waals surface area contributed by atoms with Gasteiger partial charge in [-0.05, 0) is 32.2 Å². The van der Waals surface area contributed by atoms with Crippen LogP contribution >= 0.6 is 28.3 Å². The first-order valence-electron chi connectivity index (χ1n) is 7.18. The van der Waals surface area contributed by atoms with E-state index in [2.05, 4.69) is 26.6 Å². The molecule has 1 unspecified atom stereocenters. The van der Waals surface area contributed by atoms with Gasteiger partial charge in [0.15, 0.2) is 6.61 Å². The monoisotopic (exact) mass is 405 g/mol. The Morgan fingerprint density at radius 2 is 2.22 bits per heavy atom. The zero-order valence-corrected chi connectivity index (χ0v) is 15.5. The minimum Gasteiger partial charge on any atom is -0.482 e. The van der Waals surface area contributed by atoms with Gasteiger partial charge in [-0.1, -0.05) is 15.9 Å². The topological polar surface area (TPSA) is 70.7 Å². The number of rotatable bonds is 6. The second-order valence-corrected chi connectivity index (χ2v) is 6.11. The number of likely N-dealkylation sites (N-methyl/N-ethyl adjacent to an activating group) is 1. The van der Waals surface area contributed by atoms with Crippen molar-refractivity contribution in [3.05, 3.63) is 22.7 Å². The van der Waals surface area contributed by atoms with Crippen LogP contribution in [-0.2, 0) is 9.59 Å². The molecule has 128 valence electrons. The number of amides is 2. The van der Waals surface area contributed by atoms with Crippen LogP contribution in [0.25, 0.3) is 0 Å². The lowest BCUT2D eigenvalue weighted by Crippen LogP contribution is -2.42. The Morgan fingerprint density at radius 3 is 2.91 bits per heavy atom. The van der Waals surface area contributed by atoms with Gasteiger partial charge in [0.2, 0.25) is 5.91 Å². The highest BCUT2D eigenvalue weighted by Crippen LogP contribution is 2.34. The highest BCUT2D eigenvalue weighted by Gasteiger charge is 2.25. The zero-order valence-electron chi connectivity index (χ0n) is 13.1. The van der Waals surface area contributed by atoms with Gasteiger partial charge in [-0.3, -0.25) is 9.59 Å². The van der Waals surface area contributed by atoms with Gasteiger partial charge in [0, 0.05) is 30.0 Å². The molecule has 0 saturated carbocycles. The Morgan fingerprint density at radius 1 is 1.48 bits per heavy atom. The predicted molar refractivity (Wildman–Crippen MR) is 95.4 cm³/mol. The summed E-state index contributed by atoms with van der Waals surface area (Å²) < 4.78 is 6.31. The number of hydrogen-bond acceptors (Lipinski definition) is 4. The average molecular weight is 407 g/mol. The first-order chi connectivity index (χ1) is 10.5. The number of nitrogens with one attached hydrogen (secondary N) is 2. The van der Waals surface area contributed by atoms with Crippen LogP contribution in [0.5, 0.6) is 5.75 Å². The van der Waals surface area contributed by atoms with Gasteiger partial charge in [0.05, 0.1) is 5.69 Å². The average Bonchev–Trinajstić information content (AvgIpc) is 2.51. The third-order valence-corrected chi connectivity index (χ3v) is 4.02. The molecular formula is C15H21BrClN3O3. The van der Waals surface area contributed by atoms with E-state index in [1.54, 1.807) is 4.90 Å². The maximum absolute atomic E-state index is 12.0. The van der Waals surface area contributed by atoms with Gasteiger partial charge in [0.1, 0.15) is 5.75 Å². The highest BCUT2D eigenvalue weighted by atomic mass is 79.9. The third-order valence-electron chi connectivity index (χ3n) is 3.53. The summed E-state index contributed by atoms with van der Waals surface area (Å²) in [5.74, 6) is 0.449. The Bertz CT molecular complexity index is 571. The highest BCUT2D eigenvalue weighted by molar-refractivity contribution is 9.10. The Hall–Kier alpha value is -1.31. The Kier molecular flexibility index (Phi) is 7.81. The number of benzene rings is 1. The quantitative estimate of drug-likeness (QED) is 0.754. The number of nitrogens with zero attached hydrogens (tertiary/aromatic N) is 1. The van der Waals surface area contributed by atoms with Crippen LogP contribution in [0.3, 0.4) is 0 Å². The molecule has 23 heavy (non-hydrogen) atoms.